The highest BCUT2D eigenvalue weighted by Crippen LogP contribution is 2.42. The zero-order valence-corrected chi connectivity index (χ0v) is 21.7. The van der Waals surface area contributed by atoms with Crippen LogP contribution in [-0.2, 0) is 18.0 Å². The predicted octanol–water partition coefficient (Wildman–Crippen LogP) is 5.45. The van der Waals surface area contributed by atoms with E-state index in [0.717, 1.165) is 18.7 Å². The minimum Gasteiger partial charge on any atom is -0.481 e. The molecule has 1 saturated heterocycles. The standard InChI is InChI=1S/C28H23F4N5O3/c1-14-8-17(10-22(40-14)16-6-7-34-23(11-16)39-3)21-12-19-25(36-27(28(30,31)32)37(2)26(19)38)24(35-21)18-5-4-15(13-33)9-20(18)29/h4-7,9,11-12,14,17,22H,8,10H2,1-3H3. The Kier molecular flexibility index (Phi) is 7.01. The lowest BCUT2D eigenvalue weighted by atomic mass is 9.86. The average molecular weight is 554 g/mol. The maximum atomic E-state index is 15.2. The number of methoxy groups -OCH3 is 1. The smallest absolute Gasteiger partial charge is 0.449 e. The van der Waals surface area contributed by atoms with Crippen LogP contribution >= 0.6 is 0 Å². The molecule has 0 radical (unpaired) electrons. The number of pyridine rings is 2. The van der Waals surface area contributed by atoms with Crippen molar-refractivity contribution < 1.29 is 27.0 Å². The lowest BCUT2D eigenvalue weighted by Gasteiger charge is -2.34. The molecule has 5 rings (SSSR count). The molecule has 3 atom stereocenters. The minimum absolute atomic E-state index is 0.0236. The Hall–Kier alpha value is -4.37. The van der Waals surface area contributed by atoms with E-state index in [4.69, 9.17) is 14.7 Å². The molecule has 1 fully saturated rings. The molecule has 3 unspecified atom stereocenters. The Bertz CT molecular complexity index is 1710. The Morgan fingerprint density at radius 1 is 1.15 bits per heavy atom. The SMILES string of the molecule is COc1cc(C2CC(c3cc4c(=O)n(C)c(C(F)(F)F)nc4c(-c4ccc(C#N)cc4F)n3)CC(C)O2)ccn1. The molecular weight excluding hydrogens is 530 g/mol. The van der Waals surface area contributed by atoms with Crippen LogP contribution in [0.25, 0.3) is 22.2 Å². The Labute approximate surface area is 225 Å². The summed E-state index contributed by atoms with van der Waals surface area (Å²) in [7, 11) is 2.49. The van der Waals surface area contributed by atoms with E-state index in [9.17, 15) is 18.0 Å². The largest absolute Gasteiger partial charge is 0.481 e. The van der Waals surface area contributed by atoms with Crippen LogP contribution in [0.15, 0.2) is 47.4 Å². The van der Waals surface area contributed by atoms with Crippen molar-refractivity contribution >= 4 is 10.9 Å². The van der Waals surface area contributed by atoms with Gasteiger partial charge in [-0.25, -0.2) is 14.4 Å². The molecule has 8 nitrogen and oxygen atoms in total. The van der Waals surface area contributed by atoms with Crippen LogP contribution in [-0.4, -0.2) is 32.7 Å². The third-order valence-corrected chi connectivity index (χ3v) is 6.96. The highest BCUT2D eigenvalue weighted by Gasteiger charge is 2.38. The first-order valence-corrected chi connectivity index (χ1v) is 12.3. The van der Waals surface area contributed by atoms with E-state index in [0.29, 0.717) is 29.0 Å². The van der Waals surface area contributed by atoms with Gasteiger partial charge in [0.25, 0.3) is 5.56 Å². The average Bonchev–Trinajstić information content (AvgIpc) is 2.93. The fraction of sp³-hybridized carbons (Fsp3) is 0.321. The summed E-state index contributed by atoms with van der Waals surface area (Å²) in [5.41, 5.74) is -0.462. The van der Waals surface area contributed by atoms with Crippen LogP contribution in [0.3, 0.4) is 0 Å². The molecule has 1 aliphatic heterocycles. The molecule has 12 heteroatoms. The summed E-state index contributed by atoms with van der Waals surface area (Å²) < 4.78 is 68.3. The van der Waals surface area contributed by atoms with Crippen molar-refractivity contribution in [3.8, 4) is 23.2 Å². The number of nitriles is 1. The van der Waals surface area contributed by atoms with E-state index in [1.807, 2.05) is 13.0 Å². The van der Waals surface area contributed by atoms with Crippen molar-refractivity contribution in [3.05, 3.63) is 81.4 Å². The maximum absolute atomic E-state index is 15.2. The summed E-state index contributed by atoms with van der Waals surface area (Å²) in [5, 5.41) is 9.02. The summed E-state index contributed by atoms with van der Waals surface area (Å²) in [6.45, 7) is 1.88. The number of aromatic nitrogens is 4. The summed E-state index contributed by atoms with van der Waals surface area (Å²) >= 11 is 0. The first kappa shape index (κ1) is 27.2. The second-order valence-electron chi connectivity index (χ2n) is 9.63. The number of halogens is 4. The van der Waals surface area contributed by atoms with Crippen LogP contribution in [0, 0.1) is 17.1 Å². The Balaban J connectivity index is 1.71. The van der Waals surface area contributed by atoms with Gasteiger partial charge in [-0.1, -0.05) is 0 Å². The minimum atomic E-state index is -4.93. The van der Waals surface area contributed by atoms with Crippen LogP contribution < -0.4 is 10.3 Å². The number of nitrogens with zero attached hydrogens (tertiary/aromatic N) is 5. The number of alkyl halides is 3. The predicted molar refractivity (Wildman–Crippen MR) is 136 cm³/mol. The lowest BCUT2D eigenvalue weighted by Crippen LogP contribution is -2.29. The molecule has 0 bridgehead atoms. The number of hydrogen-bond donors (Lipinski definition) is 0. The molecule has 0 N–H and O–H groups in total. The van der Waals surface area contributed by atoms with E-state index in [1.165, 1.54) is 25.3 Å². The highest BCUT2D eigenvalue weighted by molar-refractivity contribution is 5.91. The van der Waals surface area contributed by atoms with Gasteiger partial charge in [0.2, 0.25) is 11.7 Å². The third-order valence-electron chi connectivity index (χ3n) is 6.96. The molecule has 40 heavy (non-hydrogen) atoms. The number of ether oxygens (including phenoxy) is 2. The molecule has 3 aromatic heterocycles. The van der Waals surface area contributed by atoms with Crippen LogP contribution in [0.4, 0.5) is 17.6 Å². The van der Waals surface area contributed by atoms with Gasteiger partial charge in [0.05, 0.1) is 42.0 Å². The van der Waals surface area contributed by atoms with Gasteiger partial charge in [0.1, 0.15) is 11.3 Å². The topological polar surface area (TPSA) is 103 Å². The molecule has 206 valence electrons. The van der Waals surface area contributed by atoms with Crippen LogP contribution in [0.2, 0.25) is 0 Å². The van der Waals surface area contributed by atoms with Gasteiger partial charge in [0, 0.05) is 36.5 Å². The lowest BCUT2D eigenvalue weighted by molar-refractivity contribution is -0.147. The molecule has 0 amide bonds. The van der Waals surface area contributed by atoms with Gasteiger partial charge in [0.15, 0.2) is 0 Å². The number of hydrogen-bond acceptors (Lipinski definition) is 7. The van der Waals surface area contributed by atoms with Crippen LogP contribution in [0.1, 0.15) is 54.4 Å². The summed E-state index contributed by atoms with van der Waals surface area (Å²) in [5.74, 6) is -2.18. The molecular formula is C28H23F4N5O3. The van der Waals surface area contributed by atoms with Gasteiger partial charge < -0.3 is 9.47 Å². The van der Waals surface area contributed by atoms with Gasteiger partial charge in [-0.05, 0) is 55.7 Å². The van der Waals surface area contributed by atoms with E-state index >= 15 is 4.39 Å². The quantitative estimate of drug-likeness (QED) is 0.310. The molecule has 4 heterocycles. The molecule has 1 aliphatic rings. The normalized spacial score (nSPS) is 19.4. The molecule has 0 aliphatic carbocycles. The Morgan fingerprint density at radius 3 is 2.60 bits per heavy atom. The molecule has 0 spiro atoms. The summed E-state index contributed by atoms with van der Waals surface area (Å²) in [6.07, 6.45) is -3.02. The molecule has 4 aromatic rings. The number of rotatable bonds is 4. The third kappa shape index (κ3) is 5.00. The summed E-state index contributed by atoms with van der Waals surface area (Å²) in [4.78, 5) is 25.7. The zero-order valence-electron chi connectivity index (χ0n) is 21.7. The second-order valence-corrected chi connectivity index (χ2v) is 9.63. The Morgan fingerprint density at radius 2 is 1.93 bits per heavy atom. The van der Waals surface area contributed by atoms with Gasteiger partial charge >= 0.3 is 6.18 Å². The van der Waals surface area contributed by atoms with Gasteiger partial charge in [-0.2, -0.15) is 18.4 Å². The maximum Gasteiger partial charge on any atom is 0.449 e. The molecule has 0 saturated carbocycles. The number of benzene rings is 1. The first-order valence-electron chi connectivity index (χ1n) is 12.3. The van der Waals surface area contributed by atoms with Crippen molar-refractivity contribution in [2.45, 2.75) is 44.1 Å². The van der Waals surface area contributed by atoms with E-state index < -0.39 is 23.4 Å². The van der Waals surface area contributed by atoms with Gasteiger partial charge in [-0.3, -0.25) is 14.3 Å². The van der Waals surface area contributed by atoms with E-state index in [-0.39, 0.29) is 45.8 Å². The van der Waals surface area contributed by atoms with Crippen LogP contribution in [0.5, 0.6) is 5.88 Å². The van der Waals surface area contributed by atoms with E-state index in [2.05, 4.69) is 15.0 Å². The molecule has 1 aromatic carbocycles. The van der Waals surface area contributed by atoms with Crippen molar-refractivity contribution in [1.29, 1.82) is 5.26 Å². The second kappa shape index (κ2) is 10.3. The van der Waals surface area contributed by atoms with Crippen molar-refractivity contribution in [2.75, 3.05) is 7.11 Å². The number of fused-ring (bicyclic) bond motifs is 1. The van der Waals surface area contributed by atoms with Crippen molar-refractivity contribution in [3.63, 3.8) is 0 Å². The van der Waals surface area contributed by atoms with Crippen molar-refractivity contribution in [1.82, 2.24) is 19.5 Å². The fourth-order valence-electron chi connectivity index (χ4n) is 5.06. The summed E-state index contributed by atoms with van der Waals surface area (Å²) in [6, 6.07) is 10.3. The zero-order chi connectivity index (χ0) is 28.8. The monoisotopic (exact) mass is 553 g/mol. The highest BCUT2D eigenvalue weighted by atomic mass is 19.4. The van der Waals surface area contributed by atoms with Gasteiger partial charge in [-0.15, -0.1) is 0 Å². The fourth-order valence-corrected chi connectivity index (χ4v) is 5.06. The van der Waals surface area contributed by atoms with E-state index in [1.54, 1.807) is 18.3 Å². The first-order chi connectivity index (χ1) is 19.0. The van der Waals surface area contributed by atoms with Crippen molar-refractivity contribution in [2.24, 2.45) is 7.05 Å².